The summed E-state index contributed by atoms with van der Waals surface area (Å²) in [5.74, 6) is 1.26. The molecule has 4 rings (SSSR count). The second kappa shape index (κ2) is 7.73. The lowest BCUT2D eigenvalue weighted by Gasteiger charge is -2.32. The molecule has 7 heteroatoms. The van der Waals surface area contributed by atoms with Gasteiger partial charge in [0.25, 0.3) is 5.91 Å². The third-order valence-corrected chi connectivity index (χ3v) is 5.24. The molecule has 0 atom stereocenters. The highest BCUT2D eigenvalue weighted by Gasteiger charge is 2.29. The third-order valence-electron chi connectivity index (χ3n) is 5.24. The molecule has 1 N–H and O–H groups in total. The number of carbonyl (C=O) groups is 2. The fourth-order valence-electron chi connectivity index (χ4n) is 3.75. The van der Waals surface area contributed by atoms with Crippen LogP contribution in [0, 0.1) is 0 Å². The van der Waals surface area contributed by atoms with Gasteiger partial charge in [-0.25, -0.2) is 10.4 Å². The first-order valence-electron chi connectivity index (χ1n) is 9.40. The Balaban J connectivity index is 1.38. The molecule has 7 nitrogen and oxygen atoms in total. The molecule has 1 aromatic carbocycles. The lowest BCUT2D eigenvalue weighted by atomic mass is 9.95. The zero-order valence-electron chi connectivity index (χ0n) is 15.2. The van der Waals surface area contributed by atoms with Crippen molar-refractivity contribution in [1.82, 2.24) is 19.9 Å². The van der Waals surface area contributed by atoms with Gasteiger partial charge in [-0.15, -0.1) is 0 Å². The Morgan fingerprint density at radius 2 is 1.93 bits per heavy atom. The van der Waals surface area contributed by atoms with Gasteiger partial charge in [-0.2, -0.15) is 5.10 Å². The van der Waals surface area contributed by atoms with Crippen molar-refractivity contribution in [1.29, 1.82) is 0 Å². The van der Waals surface area contributed by atoms with Gasteiger partial charge in [-0.3, -0.25) is 9.59 Å². The number of benzene rings is 1. The predicted octanol–water partition coefficient (Wildman–Crippen LogP) is 1.90. The van der Waals surface area contributed by atoms with Crippen LogP contribution in [0.15, 0.2) is 47.8 Å². The van der Waals surface area contributed by atoms with E-state index >= 15 is 0 Å². The maximum Gasteiger partial charge on any atom is 0.270 e. The largest absolute Gasteiger partial charge is 0.337 e. The van der Waals surface area contributed by atoms with E-state index in [1.165, 1.54) is 5.56 Å². The number of nitrogens with zero attached hydrogens (tertiary/aromatic N) is 4. The second-order valence-electron chi connectivity index (χ2n) is 7.06. The highest BCUT2D eigenvalue weighted by atomic mass is 16.2. The number of rotatable bonds is 4. The van der Waals surface area contributed by atoms with Crippen molar-refractivity contribution in [3.63, 3.8) is 0 Å². The molecule has 1 saturated heterocycles. The number of nitrogens with one attached hydrogen (secondary N) is 1. The van der Waals surface area contributed by atoms with Crippen LogP contribution in [-0.2, 0) is 16.1 Å². The van der Waals surface area contributed by atoms with Crippen LogP contribution in [0.4, 0.5) is 0 Å². The zero-order valence-corrected chi connectivity index (χ0v) is 15.2. The molecule has 0 saturated carbocycles. The van der Waals surface area contributed by atoms with E-state index in [0.717, 1.165) is 25.2 Å². The van der Waals surface area contributed by atoms with Crippen LogP contribution in [0.3, 0.4) is 0 Å². The van der Waals surface area contributed by atoms with E-state index in [-0.39, 0.29) is 11.8 Å². The topological polar surface area (TPSA) is 79.6 Å². The minimum absolute atomic E-state index is 0.0546. The van der Waals surface area contributed by atoms with E-state index in [0.29, 0.717) is 37.6 Å². The summed E-state index contributed by atoms with van der Waals surface area (Å²) in [5.41, 5.74) is 4.11. The molecule has 0 unspecified atom stereocenters. The SMILES string of the molecule is O=C1CCC(C(=O)N2CCC(c3nccn3Cc3ccccc3)CC2)=NN1. The number of piperidine rings is 1. The average Bonchev–Trinajstić information content (AvgIpc) is 3.17. The van der Waals surface area contributed by atoms with Crippen molar-refractivity contribution in [2.24, 2.45) is 5.10 Å². The molecule has 0 radical (unpaired) electrons. The fraction of sp³-hybridized carbons (Fsp3) is 0.400. The van der Waals surface area contributed by atoms with Gasteiger partial charge in [0.15, 0.2) is 0 Å². The Kier molecular flexibility index (Phi) is 5.00. The van der Waals surface area contributed by atoms with E-state index in [1.54, 1.807) is 0 Å². The van der Waals surface area contributed by atoms with Crippen LogP contribution in [-0.4, -0.2) is 45.1 Å². The number of hydrogen-bond donors (Lipinski definition) is 1. The van der Waals surface area contributed by atoms with E-state index < -0.39 is 0 Å². The van der Waals surface area contributed by atoms with Gasteiger partial charge in [-0.05, 0) is 18.4 Å². The summed E-state index contributed by atoms with van der Waals surface area (Å²) >= 11 is 0. The van der Waals surface area contributed by atoms with Gasteiger partial charge >= 0.3 is 0 Å². The molecule has 1 aromatic heterocycles. The minimum atomic E-state index is -0.129. The summed E-state index contributed by atoms with van der Waals surface area (Å²) in [7, 11) is 0. The summed E-state index contributed by atoms with van der Waals surface area (Å²) in [6.07, 6.45) is 6.41. The summed E-state index contributed by atoms with van der Waals surface area (Å²) < 4.78 is 2.21. The minimum Gasteiger partial charge on any atom is -0.337 e. The number of likely N-dealkylation sites (tertiary alicyclic amines) is 1. The number of hydrazone groups is 1. The molecule has 27 heavy (non-hydrogen) atoms. The molecule has 0 aliphatic carbocycles. The van der Waals surface area contributed by atoms with Crippen LogP contribution < -0.4 is 5.43 Å². The van der Waals surface area contributed by atoms with Crippen molar-refractivity contribution in [3.8, 4) is 0 Å². The van der Waals surface area contributed by atoms with Gasteiger partial charge in [0.2, 0.25) is 5.91 Å². The van der Waals surface area contributed by atoms with Gasteiger partial charge in [0, 0.05) is 50.8 Å². The molecule has 3 heterocycles. The number of carbonyl (C=O) groups excluding carboxylic acids is 2. The first-order valence-corrected chi connectivity index (χ1v) is 9.40. The number of imidazole rings is 1. The quantitative estimate of drug-likeness (QED) is 0.899. The predicted molar refractivity (Wildman–Crippen MR) is 101 cm³/mol. The van der Waals surface area contributed by atoms with E-state index in [9.17, 15) is 9.59 Å². The van der Waals surface area contributed by atoms with Crippen molar-refractivity contribution < 1.29 is 9.59 Å². The maximum atomic E-state index is 12.6. The Morgan fingerprint density at radius 3 is 2.63 bits per heavy atom. The van der Waals surface area contributed by atoms with Crippen molar-refractivity contribution >= 4 is 17.5 Å². The van der Waals surface area contributed by atoms with Crippen molar-refractivity contribution in [3.05, 3.63) is 54.1 Å². The molecule has 2 aliphatic heterocycles. The number of aromatic nitrogens is 2. The summed E-state index contributed by atoms with van der Waals surface area (Å²) in [6, 6.07) is 10.4. The molecular formula is C20H23N5O2. The van der Waals surface area contributed by atoms with Gasteiger partial charge in [0.05, 0.1) is 0 Å². The summed E-state index contributed by atoms with van der Waals surface area (Å²) in [4.78, 5) is 30.2. The van der Waals surface area contributed by atoms with Crippen LogP contribution in [0.1, 0.15) is 43.0 Å². The Labute approximate surface area is 158 Å². The van der Waals surface area contributed by atoms with Crippen molar-refractivity contribution in [2.75, 3.05) is 13.1 Å². The van der Waals surface area contributed by atoms with Gasteiger partial charge < -0.3 is 9.47 Å². The van der Waals surface area contributed by atoms with E-state index in [4.69, 9.17) is 0 Å². The maximum absolute atomic E-state index is 12.6. The molecule has 1 fully saturated rings. The highest BCUT2D eigenvalue weighted by Crippen LogP contribution is 2.27. The Morgan fingerprint density at radius 1 is 1.15 bits per heavy atom. The van der Waals surface area contributed by atoms with Crippen LogP contribution in [0.2, 0.25) is 0 Å². The zero-order chi connectivity index (χ0) is 18.6. The van der Waals surface area contributed by atoms with Crippen molar-refractivity contribution in [2.45, 2.75) is 38.1 Å². The van der Waals surface area contributed by atoms with Gasteiger partial charge in [0.1, 0.15) is 11.5 Å². The highest BCUT2D eigenvalue weighted by molar-refractivity contribution is 6.39. The van der Waals surface area contributed by atoms with E-state index in [2.05, 4.69) is 32.2 Å². The van der Waals surface area contributed by atoms with E-state index in [1.807, 2.05) is 35.5 Å². The third kappa shape index (κ3) is 3.92. The lowest BCUT2D eigenvalue weighted by Crippen LogP contribution is -2.44. The first kappa shape index (κ1) is 17.5. The molecule has 2 amide bonds. The molecular weight excluding hydrogens is 342 g/mol. The first-order chi connectivity index (χ1) is 13.2. The Bertz CT molecular complexity index is 850. The molecule has 0 spiro atoms. The lowest BCUT2D eigenvalue weighted by molar-refractivity contribution is -0.125. The standard InChI is InChI=1S/C20H23N5O2/c26-18-7-6-17(22-23-18)20(27)24-11-8-16(9-12-24)19-21-10-13-25(19)14-15-4-2-1-3-5-15/h1-5,10,13,16H,6-9,11-12,14H2,(H,23,26). The van der Waals surface area contributed by atoms with Gasteiger partial charge in [-0.1, -0.05) is 30.3 Å². The fourth-order valence-corrected chi connectivity index (χ4v) is 3.75. The Hall–Kier alpha value is -2.96. The molecule has 2 aromatic rings. The monoisotopic (exact) mass is 365 g/mol. The number of hydrogen-bond acceptors (Lipinski definition) is 4. The smallest absolute Gasteiger partial charge is 0.270 e. The number of amides is 2. The van der Waals surface area contributed by atoms with Crippen LogP contribution in [0.5, 0.6) is 0 Å². The summed E-state index contributed by atoms with van der Waals surface area (Å²) in [5, 5.41) is 3.92. The normalized spacial score (nSPS) is 18.1. The van der Waals surface area contributed by atoms with Crippen LogP contribution >= 0.6 is 0 Å². The molecule has 2 aliphatic rings. The molecule has 0 bridgehead atoms. The average molecular weight is 365 g/mol. The summed E-state index contributed by atoms with van der Waals surface area (Å²) in [6.45, 7) is 2.19. The molecule has 140 valence electrons. The van der Waals surface area contributed by atoms with Crippen LogP contribution in [0.25, 0.3) is 0 Å². The second-order valence-corrected chi connectivity index (χ2v) is 7.06.